The molecule has 1 aliphatic rings. The minimum atomic E-state index is 0.301. The number of likely N-dealkylation sites (N-methyl/N-ethyl adjacent to an activating group) is 1. The van der Waals surface area contributed by atoms with Gasteiger partial charge in [0.15, 0.2) is 0 Å². The first kappa shape index (κ1) is 12.5. The Morgan fingerprint density at radius 1 is 1.53 bits per heavy atom. The van der Waals surface area contributed by atoms with E-state index in [1.807, 2.05) is 0 Å². The fraction of sp³-hybridized carbons (Fsp3) is 0.909. The van der Waals surface area contributed by atoms with Crippen LogP contribution >= 0.6 is 0 Å². The van der Waals surface area contributed by atoms with Gasteiger partial charge in [-0.15, -0.1) is 0 Å². The average Bonchev–Trinajstić information content (AvgIpc) is 2.58. The van der Waals surface area contributed by atoms with Crippen molar-refractivity contribution in [3.8, 4) is 0 Å². The van der Waals surface area contributed by atoms with Gasteiger partial charge in [-0.05, 0) is 39.8 Å². The van der Waals surface area contributed by atoms with Crippen molar-refractivity contribution in [2.24, 2.45) is 5.73 Å². The van der Waals surface area contributed by atoms with Crippen LogP contribution in [0.4, 0.5) is 0 Å². The quantitative estimate of drug-likeness (QED) is 0.396. The molecule has 0 aromatic carbocycles. The van der Waals surface area contributed by atoms with Crippen LogP contribution in [0.25, 0.3) is 0 Å². The van der Waals surface area contributed by atoms with E-state index in [-0.39, 0.29) is 0 Å². The lowest BCUT2D eigenvalue weighted by Crippen LogP contribution is -2.37. The van der Waals surface area contributed by atoms with Crippen molar-refractivity contribution in [1.29, 1.82) is 5.41 Å². The van der Waals surface area contributed by atoms with Gasteiger partial charge in [-0.2, -0.15) is 0 Å². The Bertz CT molecular complexity index is 208. The zero-order valence-electron chi connectivity index (χ0n) is 9.83. The SMILES string of the molecule is CC1OCCC1N(C)CCCCC(=N)N. The van der Waals surface area contributed by atoms with Crippen LogP contribution < -0.4 is 5.73 Å². The molecule has 1 fully saturated rings. The third-order valence-electron chi connectivity index (χ3n) is 3.11. The van der Waals surface area contributed by atoms with Crippen LogP contribution in [0.3, 0.4) is 0 Å². The van der Waals surface area contributed by atoms with Gasteiger partial charge in [-0.3, -0.25) is 5.41 Å². The summed E-state index contributed by atoms with van der Waals surface area (Å²) in [5, 5.41) is 7.12. The van der Waals surface area contributed by atoms with E-state index in [1.165, 1.54) is 0 Å². The maximum absolute atomic E-state index is 7.12. The summed E-state index contributed by atoms with van der Waals surface area (Å²) in [7, 11) is 2.16. The van der Waals surface area contributed by atoms with Gasteiger partial charge < -0.3 is 15.4 Å². The summed E-state index contributed by atoms with van der Waals surface area (Å²) in [6, 6.07) is 0.572. The van der Waals surface area contributed by atoms with E-state index >= 15 is 0 Å². The number of amidine groups is 1. The minimum absolute atomic E-state index is 0.301. The molecule has 0 aliphatic carbocycles. The fourth-order valence-electron chi connectivity index (χ4n) is 2.14. The van der Waals surface area contributed by atoms with Gasteiger partial charge >= 0.3 is 0 Å². The molecular formula is C11H23N3O. The Morgan fingerprint density at radius 3 is 2.80 bits per heavy atom. The van der Waals surface area contributed by atoms with Crippen molar-refractivity contribution < 1.29 is 4.74 Å². The largest absolute Gasteiger partial charge is 0.388 e. The van der Waals surface area contributed by atoms with Gasteiger partial charge in [0.1, 0.15) is 0 Å². The van der Waals surface area contributed by atoms with Crippen molar-refractivity contribution in [2.75, 3.05) is 20.2 Å². The molecule has 0 amide bonds. The molecule has 1 heterocycles. The van der Waals surface area contributed by atoms with Crippen molar-refractivity contribution in [2.45, 2.75) is 44.8 Å². The van der Waals surface area contributed by atoms with Crippen molar-refractivity contribution in [3.63, 3.8) is 0 Å². The van der Waals surface area contributed by atoms with E-state index in [2.05, 4.69) is 18.9 Å². The second-order valence-electron chi connectivity index (χ2n) is 4.39. The minimum Gasteiger partial charge on any atom is -0.388 e. The number of ether oxygens (including phenoxy) is 1. The second kappa shape index (κ2) is 6.08. The monoisotopic (exact) mass is 213 g/mol. The molecule has 4 nitrogen and oxygen atoms in total. The number of nitrogens with one attached hydrogen (secondary N) is 1. The van der Waals surface area contributed by atoms with E-state index in [0.29, 0.717) is 18.0 Å². The highest BCUT2D eigenvalue weighted by atomic mass is 16.5. The average molecular weight is 213 g/mol. The van der Waals surface area contributed by atoms with Crippen LogP contribution in [-0.2, 0) is 4.74 Å². The normalized spacial score (nSPS) is 26.1. The summed E-state index contributed by atoms with van der Waals surface area (Å²) in [5.41, 5.74) is 5.30. The molecule has 1 rings (SSSR count). The third-order valence-corrected chi connectivity index (χ3v) is 3.11. The van der Waals surface area contributed by atoms with Gasteiger partial charge in [-0.1, -0.05) is 0 Å². The standard InChI is InChI=1S/C11H23N3O/c1-9-10(6-8-15-9)14(2)7-4-3-5-11(12)13/h9-10H,3-8H2,1-2H3,(H3,12,13). The van der Waals surface area contributed by atoms with E-state index < -0.39 is 0 Å². The summed E-state index contributed by atoms with van der Waals surface area (Å²) < 4.78 is 5.54. The first-order valence-corrected chi connectivity index (χ1v) is 5.76. The van der Waals surface area contributed by atoms with Gasteiger partial charge in [0.25, 0.3) is 0 Å². The second-order valence-corrected chi connectivity index (χ2v) is 4.39. The number of hydrogen-bond donors (Lipinski definition) is 2. The number of rotatable bonds is 6. The van der Waals surface area contributed by atoms with E-state index in [9.17, 15) is 0 Å². The summed E-state index contributed by atoms with van der Waals surface area (Å²) in [4.78, 5) is 2.37. The lowest BCUT2D eigenvalue weighted by molar-refractivity contribution is 0.0832. The lowest BCUT2D eigenvalue weighted by Gasteiger charge is -2.26. The maximum atomic E-state index is 7.12. The Kier molecular flexibility index (Phi) is 5.05. The number of nitrogens with two attached hydrogens (primary N) is 1. The predicted octanol–water partition coefficient (Wildman–Crippen LogP) is 1.20. The van der Waals surface area contributed by atoms with Crippen LogP contribution in [-0.4, -0.2) is 43.1 Å². The highest BCUT2D eigenvalue weighted by Gasteiger charge is 2.27. The molecule has 2 atom stereocenters. The molecule has 88 valence electrons. The topological polar surface area (TPSA) is 62.3 Å². The highest BCUT2D eigenvalue weighted by Crippen LogP contribution is 2.18. The van der Waals surface area contributed by atoms with Crippen LogP contribution in [0.1, 0.15) is 32.6 Å². The lowest BCUT2D eigenvalue weighted by atomic mass is 10.1. The first-order valence-electron chi connectivity index (χ1n) is 5.76. The van der Waals surface area contributed by atoms with Gasteiger partial charge in [0.05, 0.1) is 11.9 Å². The highest BCUT2D eigenvalue weighted by molar-refractivity contribution is 5.76. The smallest absolute Gasteiger partial charge is 0.0905 e. The Hall–Kier alpha value is -0.610. The molecule has 0 aromatic heterocycles. The maximum Gasteiger partial charge on any atom is 0.0905 e. The molecule has 0 bridgehead atoms. The zero-order valence-corrected chi connectivity index (χ0v) is 9.83. The van der Waals surface area contributed by atoms with Crippen LogP contribution in [0.5, 0.6) is 0 Å². The van der Waals surface area contributed by atoms with Crippen molar-refractivity contribution >= 4 is 5.84 Å². The van der Waals surface area contributed by atoms with Gasteiger partial charge in [0.2, 0.25) is 0 Å². The van der Waals surface area contributed by atoms with E-state index in [0.717, 1.165) is 38.8 Å². The summed E-state index contributed by atoms with van der Waals surface area (Å²) >= 11 is 0. The molecule has 0 spiro atoms. The van der Waals surface area contributed by atoms with E-state index in [4.69, 9.17) is 15.9 Å². The molecule has 1 saturated heterocycles. The number of hydrogen-bond acceptors (Lipinski definition) is 3. The molecule has 0 radical (unpaired) electrons. The van der Waals surface area contributed by atoms with Crippen molar-refractivity contribution in [1.82, 2.24) is 4.90 Å². The number of unbranched alkanes of at least 4 members (excludes halogenated alkanes) is 1. The van der Waals surface area contributed by atoms with Crippen LogP contribution in [0.2, 0.25) is 0 Å². The summed E-state index contributed by atoms with van der Waals surface area (Å²) in [6.45, 7) is 4.11. The third kappa shape index (κ3) is 4.18. The molecule has 4 heteroatoms. The Morgan fingerprint density at radius 2 is 2.27 bits per heavy atom. The molecule has 0 saturated carbocycles. The Balaban J connectivity index is 2.12. The molecule has 0 aromatic rings. The predicted molar refractivity (Wildman–Crippen MR) is 62.2 cm³/mol. The zero-order chi connectivity index (χ0) is 11.3. The van der Waals surface area contributed by atoms with Gasteiger partial charge in [0, 0.05) is 19.1 Å². The van der Waals surface area contributed by atoms with Crippen LogP contribution in [0, 0.1) is 5.41 Å². The first-order chi connectivity index (χ1) is 7.11. The molecule has 2 unspecified atom stereocenters. The van der Waals surface area contributed by atoms with Crippen LogP contribution in [0.15, 0.2) is 0 Å². The number of nitrogens with zero attached hydrogens (tertiary/aromatic N) is 1. The summed E-state index contributed by atoms with van der Waals surface area (Å²) in [6.07, 6.45) is 4.36. The summed E-state index contributed by atoms with van der Waals surface area (Å²) in [5.74, 6) is 0.301. The van der Waals surface area contributed by atoms with E-state index in [1.54, 1.807) is 0 Å². The van der Waals surface area contributed by atoms with Gasteiger partial charge in [-0.25, -0.2) is 0 Å². The molecule has 1 aliphatic heterocycles. The molecular weight excluding hydrogens is 190 g/mol. The fourth-order valence-corrected chi connectivity index (χ4v) is 2.14. The Labute approximate surface area is 92.3 Å². The molecule has 3 N–H and O–H groups in total. The molecule has 15 heavy (non-hydrogen) atoms. The van der Waals surface area contributed by atoms with Crippen molar-refractivity contribution in [3.05, 3.63) is 0 Å².